The minimum atomic E-state index is -0.731. The van der Waals surface area contributed by atoms with Crippen molar-refractivity contribution in [3.8, 4) is 5.75 Å². The van der Waals surface area contributed by atoms with Crippen molar-refractivity contribution in [3.63, 3.8) is 0 Å². The lowest BCUT2D eigenvalue weighted by Crippen LogP contribution is -2.32. The molecule has 5 heteroatoms. The van der Waals surface area contributed by atoms with Crippen LogP contribution < -0.4 is 16.2 Å². The lowest BCUT2D eigenvalue weighted by Gasteiger charge is -2.18. The van der Waals surface area contributed by atoms with Gasteiger partial charge in [0.1, 0.15) is 5.75 Å². The van der Waals surface area contributed by atoms with Gasteiger partial charge in [-0.25, -0.2) is 0 Å². The Hall–Kier alpha value is -0.620. The second kappa shape index (κ2) is 5.46. The second-order valence-corrected chi connectivity index (χ2v) is 4.08. The zero-order valence-corrected chi connectivity index (χ0v) is 10.1. The molecule has 0 heterocycles. The van der Waals surface area contributed by atoms with Crippen LogP contribution in [-0.2, 0) is 0 Å². The van der Waals surface area contributed by atoms with Gasteiger partial charge < -0.3 is 21.3 Å². The van der Waals surface area contributed by atoms with Crippen LogP contribution in [0.2, 0.25) is 0 Å². The number of benzene rings is 1. The van der Waals surface area contributed by atoms with E-state index in [1.807, 2.05) is 12.1 Å². The summed E-state index contributed by atoms with van der Waals surface area (Å²) in [5.41, 5.74) is 12.0. The van der Waals surface area contributed by atoms with Gasteiger partial charge in [-0.2, -0.15) is 0 Å². The summed E-state index contributed by atoms with van der Waals surface area (Å²) in [5.74, 6) is 0.730. The number of rotatable bonds is 4. The molecule has 0 bridgehead atoms. The van der Waals surface area contributed by atoms with Gasteiger partial charge in [0.25, 0.3) is 0 Å². The molecule has 1 rings (SSSR count). The Balaban J connectivity index is 2.92. The number of halogens is 1. The monoisotopic (exact) mass is 274 g/mol. The van der Waals surface area contributed by atoms with Gasteiger partial charge in [-0.15, -0.1) is 0 Å². The Labute approximate surface area is 97.3 Å². The minimum absolute atomic E-state index is 0.144. The van der Waals surface area contributed by atoms with Gasteiger partial charge in [-0.3, -0.25) is 0 Å². The fourth-order valence-electron chi connectivity index (χ4n) is 1.26. The number of aliphatic hydroxyl groups excluding tert-OH is 1. The van der Waals surface area contributed by atoms with E-state index in [9.17, 15) is 5.11 Å². The van der Waals surface area contributed by atoms with Gasteiger partial charge in [0.15, 0.2) is 0 Å². The van der Waals surface area contributed by atoms with Crippen LogP contribution in [0, 0.1) is 0 Å². The molecule has 0 saturated heterocycles. The highest BCUT2D eigenvalue weighted by molar-refractivity contribution is 9.10. The molecule has 0 aromatic heterocycles. The molecule has 0 aliphatic heterocycles. The molecule has 0 aliphatic carbocycles. The van der Waals surface area contributed by atoms with Crippen LogP contribution in [-0.4, -0.2) is 24.9 Å². The third kappa shape index (κ3) is 2.92. The van der Waals surface area contributed by atoms with E-state index in [4.69, 9.17) is 16.2 Å². The standard InChI is InChI=1S/C10H15BrN2O2/c1-15-9-3-2-6(4-7(9)11)10(13)8(14)5-12/h2-4,8,10,14H,5,12-13H2,1H3. The van der Waals surface area contributed by atoms with Crippen molar-refractivity contribution in [1.29, 1.82) is 0 Å². The summed E-state index contributed by atoms with van der Waals surface area (Å²) in [6.45, 7) is 0.144. The Morgan fingerprint density at radius 2 is 2.20 bits per heavy atom. The topological polar surface area (TPSA) is 81.5 Å². The molecule has 0 radical (unpaired) electrons. The third-order valence-electron chi connectivity index (χ3n) is 2.22. The maximum absolute atomic E-state index is 9.50. The Kier molecular flexibility index (Phi) is 4.53. The fourth-order valence-corrected chi connectivity index (χ4v) is 1.82. The largest absolute Gasteiger partial charge is 0.496 e. The minimum Gasteiger partial charge on any atom is -0.496 e. The van der Waals surface area contributed by atoms with Crippen molar-refractivity contribution in [3.05, 3.63) is 28.2 Å². The first-order chi connectivity index (χ1) is 7.10. The maximum atomic E-state index is 9.50. The van der Waals surface area contributed by atoms with E-state index in [1.165, 1.54) is 0 Å². The number of hydrogen-bond donors (Lipinski definition) is 3. The van der Waals surface area contributed by atoms with Gasteiger partial charge in [0.2, 0.25) is 0 Å². The first-order valence-electron chi connectivity index (χ1n) is 4.57. The summed E-state index contributed by atoms with van der Waals surface area (Å²) in [6.07, 6.45) is -0.731. The molecular formula is C10H15BrN2O2. The van der Waals surface area contributed by atoms with E-state index in [-0.39, 0.29) is 6.54 Å². The molecule has 0 saturated carbocycles. The van der Waals surface area contributed by atoms with E-state index >= 15 is 0 Å². The predicted molar refractivity (Wildman–Crippen MR) is 62.7 cm³/mol. The van der Waals surface area contributed by atoms with Gasteiger partial charge in [0.05, 0.1) is 23.7 Å². The summed E-state index contributed by atoms with van der Waals surface area (Å²) in [4.78, 5) is 0. The lowest BCUT2D eigenvalue weighted by atomic mass is 10.0. The van der Waals surface area contributed by atoms with Crippen LogP contribution in [0.15, 0.2) is 22.7 Å². The number of methoxy groups -OCH3 is 1. The normalized spacial score (nSPS) is 14.7. The molecule has 15 heavy (non-hydrogen) atoms. The summed E-state index contributed by atoms with van der Waals surface area (Å²) >= 11 is 3.35. The SMILES string of the molecule is COc1ccc(C(N)C(O)CN)cc1Br. The first-order valence-corrected chi connectivity index (χ1v) is 5.36. The van der Waals surface area contributed by atoms with Crippen LogP contribution in [0.25, 0.3) is 0 Å². The van der Waals surface area contributed by atoms with Crippen molar-refractivity contribution in [2.75, 3.05) is 13.7 Å². The Morgan fingerprint density at radius 3 is 2.67 bits per heavy atom. The lowest BCUT2D eigenvalue weighted by molar-refractivity contribution is 0.153. The number of nitrogens with two attached hydrogens (primary N) is 2. The molecule has 0 fully saturated rings. The summed E-state index contributed by atoms with van der Waals surface area (Å²) in [5, 5.41) is 9.50. The summed E-state index contributed by atoms with van der Waals surface area (Å²) in [7, 11) is 1.59. The van der Waals surface area contributed by atoms with Gasteiger partial charge >= 0.3 is 0 Å². The second-order valence-electron chi connectivity index (χ2n) is 3.22. The van der Waals surface area contributed by atoms with Crippen molar-refractivity contribution in [2.24, 2.45) is 11.5 Å². The smallest absolute Gasteiger partial charge is 0.133 e. The van der Waals surface area contributed by atoms with Crippen molar-refractivity contribution in [1.82, 2.24) is 0 Å². The maximum Gasteiger partial charge on any atom is 0.133 e. The van der Waals surface area contributed by atoms with Crippen LogP contribution >= 0.6 is 15.9 Å². The molecule has 2 unspecified atom stereocenters. The molecule has 0 amide bonds. The van der Waals surface area contributed by atoms with Gasteiger partial charge in [-0.05, 0) is 33.6 Å². The van der Waals surface area contributed by atoms with E-state index in [0.717, 1.165) is 15.8 Å². The van der Waals surface area contributed by atoms with Gasteiger partial charge in [0, 0.05) is 6.54 Å². The number of hydrogen-bond acceptors (Lipinski definition) is 4. The van der Waals surface area contributed by atoms with Crippen molar-refractivity contribution < 1.29 is 9.84 Å². The molecular weight excluding hydrogens is 260 g/mol. The highest BCUT2D eigenvalue weighted by Gasteiger charge is 2.16. The number of aliphatic hydroxyl groups is 1. The van der Waals surface area contributed by atoms with Crippen LogP contribution in [0.3, 0.4) is 0 Å². The van der Waals surface area contributed by atoms with E-state index in [0.29, 0.717) is 0 Å². The molecule has 4 nitrogen and oxygen atoms in total. The molecule has 0 spiro atoms. The average Bonchev–Trinajstić information content (AvgIpc) is 2.26. The van der Waals surface area contributed by atoms with E-state index < -0.39 is 12.1 Å². The average molecular weight is 275 g/mol. The summed E-state index contributed by atoms with van der Waals surface area (Å²) in [6, 6.07) is 4.95. The highest BCUT2D eigenvalue weighted by Crippen LogP contribution is 2.28. The Morgan fingerprint density at radius 1 is 1.53 bits per heavy atom. The molecule has 2 atom stereocenters. The zero-order chi connectivity index (χ0) is 11.4. The van der Waals surface area contributed by atoms with E-state index in [2.05, 4.69) is 15.9 Å². The highest BCUT2D eigenvalue weighted by atomic mass is 79.9. The zero-order valence-electron chi connectivity index (χ0n) is 8.48. The molecule has 1 aromatic carbocycles. The Bertz CT molecular complexity index is 333. The van der Waals surface area contributed by atoms with E-state index in [1.54, 1.807) is 13.2 Å². The van der Waals surface area contributed by atoms with Crippen molar-refractivity contribution in [2.45, 2.75) is 12.1 Å². The molecule has 0 aliphatic rings. The third-order valence-corrected chi connectivity index (χ3v) is 2.84. The predicted octanol–water partition coefficient (Wildman–Crippen LogP) is 0.777. The van der Waals surface area contributed by atoms with Crippen LogP contribution in [0.1, 0.15) is 11.6 Å². The fraction of sp³-hybridized carbons (Fsp3) is 0.400. The summed E-state index contributed by atoms with van der Waals surface area (Å²) < 4.78 is 5.90. The molecule has 84 valence electrons. The number of ether oxygens (including phenoxy) is 1. The van der Waals surface area contributed by atoms with Gasteiger partial charge in [-0.1, -0.05) is 6.07 Å². The van der Waals surface area contributed by atoms with Crippen LogP contribution in [0.4, 0.5) is 0 Å². The quantitative estimate of drug-likeness (QED) is 0.758. The molecule has 5 N–H and O–H groups in total. The molecule has 1 aromatic rings. The first kappa shape index (κ1) is 12.4. The van der Waals surface area contributed by atoms with Crippen molar-refractivity contribution >= 4 is 15.9 Å². The van der Waals surface area contributed by atoms with Crippen LogP contribution in [0.5, 0.6) is 5.75 Å².